The van der Waals surface area contributed by atoms with Gasteiger partial charge in [0.05, 0.1) is 30.1 Å². The Hall–Kier alpha value is -3.10. The largest absolute Gasteiger partial charge is 0.493 e. The van der Waals surface area contributed by atoms with Crippen molar-refractivity contribution in [1.82, 2.24) is 9.66 Å². The van der Waals surface area contributed by atoms with Crippen molar-refractivity contribution in [3.63, 3.8) is 0 Å². The molecule has 1 amide bonds. The van der Waals surface area contributed by atoms with Crippen LogP contribution in [0.2, 0.25) is 5.02 Å². The fourth-order valence-electron chi connectivity index (χ4n) is 3.89. The Kier molecular flexibility index (Phi) is 5.27. The van der Waals surface area contributed by atoms with Crippen LogP contribution in [-0.2, 0) is 0 Å². The van der Waals surface area contributed by atoms with Crippen LogP contribution in [0.25, 0.3) is 21.0 Å². The van der Waals surface area contributed by atoms with E-state index in [-0.39, 0.29) is 11.5 Å². The van der Waals surface area contributed by atoms with Gasteiger partial charge in [0.15, 0.2) is 11.5 Å². The maximum absolute atomic E-state index is 13.5. The molecule has 5 rings (SSSR count). The van der Waals surface area contributed by atoms with Crippen molar-refractivity contribution in [2.45, 2.75) is 25.2 Å². The predicted octanol–water partition coefficient (Wildman–Crippen LogP) is 4.93. The third kappa shape index (κ3) is 3.30. The molecule has 0 saturated heterocycles. The molecular weight excluding hydrogens is 450 g/mol. The minimum absolute atomic E-state index is 0.0957. The Morgan fingerprint density at radius 2 is 1.88 bits per heavy atom. The quantitative estimate of drug-likeness (QED) is 0.448. The van der Waals surface area contributed by atoms with E-state index in [9.17, 15) is 9.59 Å². The van der Waals surface area contributed by atoms with Crippen molar-refractivity contribution in [1.29, 1.82) is 0 Å². The number of fused-ring (bicyclic) bond motifs is 2. The zero-order chi connectivity index (χ0) is 22.4. The molecule has 0 bridgehead atoms. The summed E-state index contributed by atoms with van der Waals surface area (Å²) in [5, 5.41) is 1.51. The number of thiophene rings is 1. The van der Waals surface area contributed by atoms with Crippen LogP contribution in [-0.4, -0.2) is 29.8 Å². The summed E-state index contributed by atoms with van der Waals surface area (Å²) in [6.07, 6.45) is 2.87. The molecule has 4 aromatic rings. The fourth-order valence-corrected chi connectivity index (χ4v) is 5.30. The first-order valence-electron chi connectivity index (χ1n) is 10.2. The Morgan fingerprint density at radius 1 is 1.16 bits per heavy atom. The molecule has 9 heteroatoms. The van der Waals surface area contributed by atoms with Gasteiger partial charge >= 0.3 is 0 Å². The predicted molar refractivity (Wildman–Crippen MR) is 126 cm³/mol. The third-order valence-electron chi connectivity index (χ3n) is 5.82. The molecule has 0 aliphatic heterocycles. The first-order valence-corrected chi connectivity index (χ1v) is 11.4. The summed E-state index contributed by atoms with van der Waals surface area (Å²) >= 11 is 7.77. The lowest BCUT2D eigenvalue weighted by Gasteiger charge is -2.27. The average Bonchev–Trinajstić information content (AvgIpc) is 3.11. The number of benzene rings is 2. The number of rotatable bonds is 5. The van der Waals surface area contributed by atoms with Gasteiger partial charge in [-0.2, -0.15) is 0 Å². The van der Waals surface area contributed by atoms with Crippen molar-refractivity contribution < 1.29 is 14.3 Å². The van der Waals surface area contributed by atoms with Crippen molar-refractivity contribution in [3.8, 4) is 11.5 Å². The van der Waals surface area contributed by atoms with E-state index in [2.05, 4.69) is 5.43 Å². The fraction of sp³-hybridized carbons (Fsp3) is 0.261. The van der Waals surface area contributed by atoms with Gasteiger partial charge in [-0.1, -0.05) is 36.2 Å². The maximum atomic E-state index is 13.5. The lowest BCUT2D eigenvalue weighted by Crippen LogP contribution is -2.38. The number of nitrogens with zero attached hydrogens (tertiary/aromatic N) is 2. The second-order valence-electron chi connectivity index (χ2n) is 7.64. The molecule has 0 spiro atoms. The van der Waals surface area contributed by atoms with Gasteiger partial charge in [-0.25, -0.2) is 9.66 Å². The van der Waals surface area contributed by atoms with Gasteiger partial charge in [0, 0.05) is 22.1 Å². The van der Waals surface area contributed by atoms with Crippen LogP contribution in [0.3, 0.4) is 0 Å². The van der Waals surface area contributed by atoms with E-state index in [4.69, 9.17) is 26.1 Å². The van der Waals surface area contributed by atoms with Gasteiger partial charge < -0.3 is 9.47 Å². The molecule has 1 N–H and O–H groups in total. The van der Waals surface area contributed by atoms with E-state index in [0.29, 0.717) is 38.1 Å². The summed E-state index contributed by atoms with van der Waals surface area (Å²) in [5.74, 6) is 1.09. The maximum Gasteiger partial charge on any atom is 0.281 e. The number of hydrogen-bond acceptors (Lipinski definition) is 6. The smallest absolute Gasteiger partial charge is 0.281 e. The first kappa shape index (κ1) is 20.8. The molecule has 32 heavy (non-hydrogen) atoms. The number of amides is 1. The van der Waals surface area contributed by atoms with Gasteiger partial charge in [-0.05, 0) is 25.0 Å². The normalized spacial score (nSPS) is 13.8. The Morgan fingerprint density at radius 3 is 2.53 bits per heavy atom. The number of carbonyl (C=O) groups is 1. The van der Waals surface area contributed by atoms with Gasteiger partial charge in [0.25, 0.3) is 11.5 Å². The molecule has 0 atom stereocenters. The topological polar surface area (TPSA) is 82.5 Å². The highest BCUT2D eigenvalue weighted by Crippen LogP contribution is 2.37. The minimum Gasteiger partial charge on any atom is -0.493 e. The second kappa shape index (κ2) is 8.11. The number of aromatic nitrogens is 2. The van der Waals surface area contributed by atoms with Gasteiger partial charge in [0.1, 0.15) is 10.7 Å². The van der Waals surface area contributed by atoms with Crippen LogP contribution in [0.15, 0.2) is 41.2 Å². The monoisotopic (exact) mass is 469 g/mol. The van der Waals surface area contributed by atoms with E-state index < -0.39 is 5.91 Å². The van der Waals surface area contributed by atoms with Crippen LogP contribution < -0.4 is 20.5 Å². The van der Waals surface area contributed by atoms with Crippen LogP contribution in [0.4, 0.5) is 0 Å². The number of halogens is 1. The summed E-state index contributed by atoms with van der Waals surface area (Å²) in [5.41, 5.74) is 2.89. The molecule has 1 saturated carbocycles. The van der Waals surface area contributed by atoms with E-state index in [1.807, 2.05) is 24.3 Å². The first-order chi connectivity index (χ1) is 15.5. The molecule has 2 heterocycles. The number of carbonyl (C=O) groups excluding carboxylic acids is 1. The molecule has 1 fully saturated rings. The summed E-state index contributed by atoms with van der Waals surface area (Å²) in [6.45, 7) is 0. The number of hydrogen-bond donors (Lipinski definition) is 1. The zero-order valence-corrected chi connectivity index (χ0v) is 19.0. The third-order valence-corrected chi connectivity index (χ3v) is 7.50. The van der Waals surface area contributed by atoms with Gasteiger partial charge in [-0.15, -0.1) is 11.3 Å². The Bertz CT molecular complexity index is 1420. The Balaban J connectivity index is 1.64. The highest BCUT2D eigenvalue weighted by molar-refractivity contribution is 7.21. The van der Waals surface area contributed by atoms with E-state index >= 15 is 0 Å². The zero-order valence-electron chi connectivity index (χ0n) is 17.5. The van der Waals surface area contributed by atoms with Crippen LogP contribution in [0.1, 0.15) is 40.7 Å². The van der Waals surface area contributed by atoms with E-state index in [1.54, 1.807) is 12.1 Å². The molecule has 7 nitrogen and oxygen atoms in total. The van der Waals surface area contributed by atoms with Gasteiger partial charge in [0.2, 0.25) is 0 Å². The van der Waals surface area contributed by atoms with Crippen LogP contribution >= 0.6 is 22.9 Å². The number of methoxy groups -OCH3 is 2. The Labute approximate surface area is 192 Å². The minimum atomic E-state index is -0.444. The van der Waals surface area contributed by atoms with Crippen LogP contribution in [0, 0.1) is 0 Å². The number of nitrogens with one attached hydrogen (secondary N) is 1. The van der Waals surface area contributed by atoms with Crippen molar-refractivity contribution in [2.75, 3.05) is 19.6 Å². The molecule has 1 aliphatic carbocycles. The molecular formula is C23H20ClN3O4S. The van der Waals surface area contributed by atoms with Crippen LogP contribution in [0.5, 0.6) is 11.5 Å². The molecule has 0 radical (unpaired) electrons. The van der Waals surface area contributed by atoms with Crippen molar-refractivity contribution in [3.05, 3.63) is 62.5 Å². The molecule has 0 unspecified atom stereocenters. The summed E-state index contributed by atoms with van der Waals surface area (Å²) < 4.78 is 12.9. The SMILES string of the molecule is COc1cc2nc(C3CCC3)n(NC(=O)c3sc4ccccc4c3Cl)c(=O)c2cc1OC. The summed E-state index contributed by atoms with van der Waals surface area (Å²) in [7, 11) is 3.04. The van der Waals surface area contributed by atoms with Gasteiger partial charge in [-0.3, -0.25) is 15.0 Å². The summed E-state index contributed by atoms with van der Waals surface area (Å²) in [4.78, 5) is 31.7. The second-order valence-corrected chi connectivity index (χ2v) is 9.08. The van der Waals surface area contributed by atoms with Crippen molar-refractivity contribution in [2.24, 2.45) is 0 Å². The lowest BCUT2D eigenvalue weighted by molar-refractivity contribution is 0.101. The van der Waals surface area contributed by atoms with E-state index in [0.717, 1.165) is 29.3 Å². The standard InChI is InChI=1S/C23H20ClN3O4S/c1-30-16-10-14-15(11-17(16)31-2)25-21(12-6-5-7-12)27(23(14)29)26-22(28)20-19(24)13-8-3-4-9-18(13)32-20/h3-4,8-12H,5-7H2,1-2H3,(H,26,28). The highest BCUT2D eigenvalue weighted by atomic mass is 35.5. The highest BCUT2D eigenvalue weighted by Gasteiger charge is 2.28. The van der Waals surface area contributed by atoms with Crippen molar-refractivity contribution >= 4 is 49.8 Å². The molecule has 2 aromatic heterocycles. The average molecular weight is 470 g/mol. The summed E-state index contributed by atoms with van der Waals surface area (Å²) in [6, 6.07) is 10.8. The molecule has 164 valence electrons. The number of ether oxygens (including phenoxy) is 2. The van der Waals surface area contributed by atoms with E-state index in [1.165, 1.54) is 30.2 Å². The molecule has 1 aliphatic rings. The lowest BCUT2D eigenvalue weighted by atomic mass is 9.84. The molecule has 2 aromatic carbocycles.